The third-order valence-electron chi connectivity index (χ3n) is 3.10. The van der Waals surface area contributed by atoms with Crippen LogP contribution in [0.5, 0.6) is 0 Å². The first kappa shape index (κ1) is 9.75. The number of rotatable bonds is 1. The number of aromatic nitrogens is 3. The van der Waals surface area contributed by atoms with Crippen LogP contribution in [0.1, 0.15) is 30.9 Å². The van der Waals surface area contributed by atoms with Gasteiger partial charge >= 0.3 is 0 Å². The molecule has 4 nitrogen and oxygen atoms in total. The molecule has 5 heteroatoms. The van der Waals surface area contributed by atoms with E-state index in [-0.39, 0.29) is 43.7 Å². The monoisotopic (exact) mass is 252 g/mol. The van der Waals surface area contributed by atoms with Gasteiger partial charge in [-0.05, 0) is 37.8 Å². The molecule has 67 valence electrons. The van der Waals surface area contributed by atoms with Crippen LogP contribution in [0.3, 0.4) is 0 Å². The minimum atomic E-state index is 0. The van der Waals surface area contributed by atoms with Gasteiger partial charge in [0.05, 0.1) is 0 Å². The molecule has 3 fully saturated rings. The Bertz CT molecular complexity index is 326. The first-order valence-corrected chi connectivity index (χ1v) is 4.25. The fourth-order valence-electron chi connectivity index (χ4n) is 2.65. The van der Waals surface area contributed by atoms with Crippen LogP contribution in [0.4, 0.5) is 0 Å². The Balaban J connectivity index is 0.000000653. The van der Waals surface area contributed by atoms with E-state index < -0.39 is 0 Å². The Hall–Kier alpha value is 0.204. The molecular formula is C8H11N4Y-. The zero-order chi connectivity index (χ0) is 8.40. The number of aryl methyl sites for hydroxylation is 1. The molecule has 4 rings (SSSR count). The van der Waals surface area contributed by atoms with Crippen LogP contribution >= 0.6 is 0 Å². The van der Waals surface area contributed by atoms with Crippen LogP contribution in [0.15, 0.2) is 0 Å². The zero-order valence-electron chi connectivity index (χ0n) is 7.62. The van der Waals surface area contributed by atoms with Gasteiger partial charge in [-0.25, -0.2) is 0 Å². The van der Waals surface area contributed by atoms with Crippen LogP contribution in [0.2, 0.25) is 0 Å². The Morgan fingerprint density at radius 3 is 2.31 bits per heavy atom. The molecule has 3 saturated carbocycles. The average Bonchev–Trinajstić information content (AvgIpc) is 2.26. The maximum absolute atomic E-state index is 5.94. The Morgan fingerprint density at radius 2 is 1.92 bits per heavy atom. The number of nitrogens with two attached hydrogens (primary N) is 1. The number of hydrogen-bond acceptors (Lipinski definition) is 3. The molecule has 1 aromatic heterocycles. The second-order valence-electron chi connectivity index (χ2n) is 4.36. The average molecular weight is 252 g/mol. The first-order valence-electron chi connectivity index (χ1n) is 4.25. The summed E-state index contributed by atoms with van der Waals surface area (Å²) in [5.74, 6) is 1.70. The summed E-state index contributed by atoms with van der Waals surface area (Å²) in [5, 5.41) is 7.97. The summed E-state index contributed by atoms with van der Waals surface area (Å²) in [6.07, 6.45) is 3.18. The van der Waals surface area contributed by atoms with Gasteiger partial charge in [-0.1, -0.05) is 0 Å². The summed E-state index contributed by atoms with van der Waals surface area (Å²) in [6.45, 7) is 1.88. The van der Waals surface area contributed by atoms with Gasteiger partial charge in [0.2, 0.25) is 0 Å². The molecular weight excluding hydrogens is 241 g/mol. The van der Waals surface area contributed by atoms with Gasteiger partial charge in [-0.3, -0.25) is 0 Å². The third kappa shape index (κ3) is 1.15. The van der Waals surface area contributed by atoms with Crippen molar-refractivity contribution in [2.24, 2.45) is 5.73 Å². The minimum Gasteiger partial charge on any atom is -0.366 e. The van der Waals surface area contributed by atoms with E-state index >= 15 is 0 Å². The molecule has 0 saturated heterocycles. The summed E-state index contributed by atoms with van der Waals surface area (Å²) >= 11 is 0. The van der Waals surface area contributed by atoms with Gasteiger partial charge < -0.3 is 20.9 Å². The molecule has 2 N–H and O–H groups in total. The van der Waals surface area contributed by atoms with Gasteiger partial charge in [0, 0.05) is 43.7 Å². The predicted octanol–water partition coefficient (Wildman–Crippen LogP) is -0.127. The quantitative estimate of drug-likeness (QED) is 0.756. The van der Waals surface area contributed by atoms with Crippen LogP contribution in [-0.4, -0.2) is 15.7 Å². The van der Waals surface area contributed by atoms with Gasteiger partial charge in [-0.2, -0.15) is 0 Å². The summed E-state index contributed by atoms with van der Waals surface area (Å²) in [7, 11) is 0. The van der Waals surface area contributed by atoms with E-state index in [2.05, 4.69) is 15.2 Å². The van der Waals surface area contributed by atoms with Crippen LogP contribution in [0.25, 0.3) is 0 Å². The molecule has 3 aliphatic rings. The zero-order valence-corrected chi connectivity index (χ0v) is 10.5. The molecule has 0 aromatic carbocycles. The van der Waals surface area contributed by atoms with E-state index in [1.807, 2.05) is 6.92 Å². The van der Waals surface area contributed by atoms with Crippen molar-refractivity contribution >= 4 is 0 Å². The van der Waals surface area contributed by atoms with E-state index in [4.69, 9.17) is 5.73 Å². The second kappa shape index (κ2) is 2.61. The van der Waals surface area contributed by atoms with Crippen molar-refractivity contribution < 1.29 is 32.7 Å². The van der Waals surface area contributed by atoms with Gasteiger partial charge in [0.1, 0.15) is 0 Å². The molecule has 3 aliphatic carbocycles. The molecule has 1 aromatic rings. The summed E-state index contributed by atoms with van der Waals surface area (Å²) in [4.78, 5) is 4.30. The number of hydrogen-bond donors (Lipinski definition) is 1. The maximum Gasteiger partial charge on any atom is 0.0180 e. The van der Waals surface area contributed by atoms with Gasteiger partial charge in [0.15, 0.2) is 0 Å². The van der Waals surface area contributed by atoms with Gasteiger partial charge in [0.25, 0.3) is 0 Å². The van der Waals surface area contributed by atoms with E-state index in [1.165, 1.54) is 0 Å². The van der Waals surface area contributed by atoms with Crippen molar-refractivity contribution in [1.29, 1.82) is 0 Å². The Labute approximate surface area is 102 Å². The first-order chi connectivity index (χ1) is 5.62. The molecule has 0 amide bonds. The fourth-order valence-corrected chi connectivity index (χ4v) is 2.65. The largest absolute Gasteiger partial charge is 0.366 e. The summed E-state index contributed by atoms with van der Waals surface area (Å²) < 4.78 is 0. The Morgan fingerprint density at radius 1 is 1.31 bits per heavy atom. The van der Waals surface area contributed by atoms with Crippen LogP contribution in [-0.2, 0) is 38.1 Å². The van der Waals surface area contributed by atoms with E-state index in [9.17, 15) is 0 Å². The standard InChI is InChI=1S/C8H11N4.Y/c1-5-10-6(12-11-5)7-2-8(9,3-7)4-7;/h2-4,9H2,1H3;/q-1;. The van der Waals surface area contributed by atoms with Crippen molar-refractivity contribution in [2.45, 2.75) is 37.1 Å². The predicted molar refractivity (Wildman–Crippen MR) is 42.5 cm³/mol. The molecule has 13 heavy (non-hydrogen) atoms. The maximum atomic E-state index is 5.94. The van der Waals surface area contributed by atoms with Crippen LogP contribution in [0, 0.1) is 6.92 Å². The SMILES string of the molecule is Cc1nnc(C23CC(N)(C2)C3)[n-]1.[Y]. The smallest absolute Gasteiger partial charge is 0.0180 e. The van der Waals surface area contributed by atoms with Crippen molar-refractivity contribution in [3.63, 3.8) is 0 Å². The van der Waals surface area contributed by atoms with Crippen molar-refractivity contribution in [2.75, 3.05) is 0 Å². The molecule has 2 bridgehead atoms. The van der Waals surface area contributed by atoms with E-state index in [1.54, 1.807) is 0 Å². The molecule has 1 heterocycles. The summed E-state index contributed by atoms with van der Waals surface area (Å²) in [6, 6.07) is 0. The van der Waals surface area contributed by atoms with Crippen LogP contribution < -0.4 is 10.7 Å². The molecule has 1 radical (unpaired) electrons. The topological polar surface area (TPSA) is 65.9 Å². The van der Waals surface area contributed by atoms with Crippen molar-refractivity contribution in [3.05, 3.63) is 11.6 Å². The van der Waals surface area contributed by atoms with E-state index in [0.717, 1.165) is 30.9 Å². The second-order valence-corrected chi connectivity index (χ2v) is 4.36. The minimum absolute atomic E-state index is 0. The Kier molecular flexibility index (Phi) is 1.96. The van der Waals surface area contributed by atoms with Gasteiger partial charge in [-0.15, -0.1) is 0 Å². The van der Waals surface area contributed by atoms with Crippen molar-refractivity contribution in [1.82, 2.24) is 15.2 Å². The summed E-state index contributed by atoms with van der Waals surface area (Å²) in [5.41, 5.74) is 6.31. The molecule has 0 spiro atoms. The molecule has 0 unspecified atom stereocenters. The fraction of sp³-hybridized carbons (Fsp3) is 0.750. The normalized spacial score (nSPS) is 40.2. The number of nitrogens with zero attached hydrogens (tertiary/aromatic N) is 3. The molecule has 0 aliphatic heterocycles. The van der Waals surface area contributed by atoms with Crippen molar-refractivity contribution in [3.8, 4) is 0 Å². The van der Waals surface area contributed by atoms with E-state index in [0.29, 0.717) is 0 Å². The molecule has 0 atom stereocenters. The third-order valence-corrected chi connectivity index (χ3v) is 3.10.